The summed E-state index contributed by atoms with van der Waals surface area (Å²) in [7, 11) is -4.43. The quantitative estimate of drug-likeness (QED) is 0.558. The molecule has 0 aromatic heterocycles. The Balaban J connectivity index is 0.000000640. The van der Waals surface area contributed by atoms with Gasteiger partial charge in [0, 0.05) is 11.8 Å². The van der Waals surface area contributed by atoms with Crippen LogP contribution in [0.15, 0.2) is 42.5 Å². The third kappa shape index (κ3) is 6.53. The maximum absolute atomic E-state index is 12.0. The van der Waals surface area contributed by atoms with Crippen molar-refractivity contribution < 1.29 is 28.9 Å². The number of aliphatic hydroxyl groups is 1. The fraction of sp³-hybridized carbons (Fsp3) is 0.400. The van der Waals surface area contributed by atoms with E-state index in [0.29, 0.717) is 36.0 Å². The van der Waals surface area contributed by atoms with Gasteiger partial charge in [0.2, 0.25) is 0 Å². The number of rotatable bonds is 5. The van der Waals surface area contributed by atoms with Crippen LogP contribution >= 0.6 is 7.60 Å². The summed E-state index contributed by atoms with van der Waals surface area (Å²) in [5.41, 5.74) is 2.26. The molecule has 0 saturated carbocycles. The van der Waals surface area contributed by atoms with Crippen LogP contribution in [-0.2, 0) is 11.0 Å². The van der Waals surface area contributed by atoms with E-state index in [9.17, 15) is 14.4 Å². The Morgan fingerprint density at radius 3 is 2.14 bits per heavy atom. The van der Waals surface area contributed by atoms with Crippen molar-refractivity contribution in [3.05, 3.63) is 53.6 Å². The molecule has 1 unspecified atom stereocenters. The standard InChI is InChI=1S/C17H20NO5P.C3H8O/c1-2-12-3-6-14(7-4-12)18-17(24(19,20)21)13-5-8-15-16(11-13)23-10-9-22-15;1-3(2)4/h3-8,11,17-18H,2,9-10H2,1H3,(H2,19,20,21);3-4H,1-2H3. The molecule has 8 heteroatoms. The number of nitrogens with one attached hydrogen (secondary N) is 1. The molecule has 0 bridgehead atoms. The van der Waals surface area contributed by atoms with E-state index in [1.165, 1.54) is 0 Å². The minimum atomic E-state index is -4.43. The third-order valence-electron chi connectivity index (χ3n) is 3.88. The SMILES string of the molecule is CC(C)O.CCc1ccc(NC(c2ccc3c(c2)OCCO3)P(=O)(O)O)cc1. The lowest BCUT2D eigenvalue weighted by Crippen LogP contribution is -2.17. The minimum absolute atomic E-state index is 0.167. The zero-order chi connectivity index (χ0) is 20.7. The molecule has 0 amide bonds. The van der Waals surface area contributed by atoms with Crippen molar-refractivity contribution in [2.75, 3.05) is 18.5 Å². The number of ether oxygens (including phenoxy) is 2. The molecule has 0 aliphatic carbocycles. The van der Waals surface area contributed by atoms with E-state index in [1.807, 2.05) is 24.3 Å². The third-order valence-corrected chi connectivity index (χ3v) is 4.98. The van der Waals surface area contributed by atoms with Crippen LogP contribution < -0.4 is 14.8 Å². The maximum Gasteiger partial charge on any atom is 0.352 e. The molecule has 7 nitrogen and oxygen atoms in total. The zero-order valence-electron chi connectivity index (χ0n) is 16.3. The highest BCUT2D eigenvalue weighted by molar-refractivity contribution is 7.52. The summed E-state index contributed by atoms with van der Waals surface area (Å²) in [6.07, 6.45) is 0.740. The van der Waals surface area contributed by atoms with Crippen LogP contribution in [0.25, 0.3) is 0 Å². The predicted octanol–water partition coefficient (Wildman–Crippen LogP) is 3.70. The van der Waals surface area contributed by atoms with E-state index < -0.39 is 13.4 Å². The van der Waals surface area contributed by atoms with E-state index in [1.54, 1.807) is 32.0 Å². The van der Waals surface area contributed by atoms with Crippen molar-refractivity contribution in [1.82, 2.24) is 0 Å². The molecule has 2 aromatic carbocycles. The first kappa shape index (κ1) is 22.2. The van der Waals surface area contributed by atoms with Gasteiger partial charge in [-0.1, -0.05) is 25.1 Å². The highest BCUT2D eigenvalue weighted by atomic mass is 31.2. The molecular weight excluding hydrogens is 381 g/mol. The first-order chi connectivity index (χ1) is 13.2. The molecule has 3 rings (SSSR count). The lowest BCUT2D eigenvalue weighted by molar-refractivity contribution is 0.171. The Hall–Kier alpha value is -2.05. The zero-order valence-corrected chi connectivity index (χ0v) is 17.2. The second-order valence-corrected chi connectivity index (χ2v) is 8.38. The van der Waals surface area contributed by atoms with Crippen LogP contribution in [0.5, 0.6) is 11.5 Å². The van der Waals surface area contributed by atoms with Crippen molar-refractivity contribution in [2.45, 2.75) is 39.1 Å². The van der Waals surface area contributed by atoms with Gasteiger partial charge in [-0.25, -0.2) is 0 Å². The molecule has 1 aliphatic rings. The number of anilines is 1. The summed E-state index contributed by atoms with van der Waals surface area (Å²) in [6, 6.07) is 12.4. The molecule has 1 aliphatic heterocycles. The number of aliphatic hydroxyl groups excluding tert-OH is 1. The molecule has 1 heterocycles. The summed E-state index contributed by atoms with van der Waals surface area (Å²) in [4.78, 5) is 19.5. The normalized spacial score (nSPS) is 14.1. The molecule has 0 radical (unpaired) electrons. The summed E-state index contributed by atoms with van der Waals surface area (Å²) >= 11 is 0. The van der Waals surface area contributed by atoms with E-state index in [0.717, 1.165) is 12.0 Å². The van der Waals surface area contributed by atoms with E-state index in [4.69, 9.17) is 14.6 Å². The van der Waals surface area contributed by atoms with Crippen LogP contribution in [-0.4, -0.2) is 34.2 Å². The number of fused-ring (bicyclic) bond motifs is 1. The average Bonchev–Trinajstić information content (AvgIpc) is 2.65. The molecule has 0 fully saturated rings. The fourth-order valence-corrected chi connectivity index (χ4v) is 3.45. The summed E-state index contributed by atoms with van der Waals surface area (Å²) in [5.74, 6) is -0.0668. The predicted molar refractivity (Wildman–Crippen MR) is 109 cm³/mol. The molecule has 2 aromatic rings. The number of aryl methyl sites for hydroxylation is 1. The second kappa shape index (κ2) is 9.94. The van der Waals surface area contributed by atoms with Gasteiger partial charge in [0.1, 0.15) is 13.2 Å². The number of benzene rings is 2. The van der Waals surface area contributed by atoms with Crippen molar-refractivity contribution in [1.29, 1.82) is 0 Å². The molecule has 4 N–H and O–H groups in total. The monoisotopic (exact) mass is 409 g/mol. The summed E-state index contributed by atoms with van der Waals surface area (Å²) in [6.45, 7) is 6.38. The van der Waals surface area contributed by atoms with E-state index in [-0.39, 0.29) is 6.10 Å². The topological polar surface area (TPSA) is 108 Å². The largest absolute Gasteiger partial charge is 0.486 e. The maximum atomic E-state index is 12.0. The fourth-order valence-electron chi connectivity index (χ4n) is 2.59. The Bertz CT molecular complexity index is 800. The van der Waals surface area contributed by atoms with E-state index in [2.05, 4.69) is 12.2 Å². The lowest BCUT2D eigenvalue weighted by Gasteiger charge is -2.24. The van der Waals surface area contributed by atoms with Crippen LogP contribution in [0, 0.1) is 0 Å². The first-order valence-corrected chi connectivity index (χ1v) is 10.9. The lowest BCUT2D eigenvalue weighted by atomic mass is 10.1. The Morgan fingerprint density at radius 1 is 1.04 bits per heavy atom. The summed E-state index contributed by atoms with van der Waals surface area (Å²) in [5, 5.41) is 11.0. The average molecular weight is 409 g/mol. The molecule has 28 heavy (non-hydrogen) atoms. The van der Waals surface area contributed by atoms with Gasteiger partial charge in [0.05, 0.1) is 0 Å². The van der Waals surface area contributed by atoms with Crippen molar-refractivity contribution in [2.24, 2.45) is 0 Å². The van der Waals surface area contributed by atoms with Gasteiger partial charge in [-0.05, 0) is 55.7 Å². The van der Waals surface area contributed by atoms with Crippen molar-refractivity contribution >= 4 is 13.3 Å². The molecule has 0 spiro atoms. The highest BCUT2D eigenvalue weighted by Gasteiger charge is 2.31. The molecule has 0 saturated heterocycles. The highest BCUT2D eigenvalue weighted by Crippen LogP contribution is 2.52. The van der Waals surface area contributed by atoms with Crippen molar-refractivity contribution in [3.8, 4) is 11.5 Å². The first-order valence-electron chi connectivity index (χ1n) is 9.19. The Kier molecular flexibility index (Phi) is 7.89. The second-order valence-electron chi connectivity index (χ2n) is 6.68. The van der Waals surface area contributed by atoms with Crippen molar-refractivity contribution in [3.63, 3.8) is 0 Å². The molecule has 154 valence electrons. The van der Waals surface area contributed by atoms with Gasteiger partial charge in [-0.3, -0.25) is 4.57 Å². The van der Waals surface area contributed by atoms with E-state index >= 15 is 0 Å². The van der Waals surface area contributed by atoms with Crippen LogP contribution in [0.2, 0.25) is 0 Å². The van der Waals surface area contributed by atoms with Gasteiger partial charge < -0.3 is 29.7 Å². The smallest absolute Gasteiger partial charge is 0.352 e. The summed E-state index contributed by atoms with van der Waals surface area (Å²) < 4.78 is 22.9. The Labute approximate surface area is 165 Å². The van der Waals surface area contributed by atoms with Gasteiger partial charge >= 0.3 is 7.60 Å². The van der Waals surface area contributed by atoms with Gasteiger partial charge in [0.25, 0.3) is 0 Å². The number of hydrogen-bond acceptors (Lipinski definition) is 5. The molecular formula is C20H28NO6P. The van der Waals surface area contributed by atoms with Crippen LogP contribution in [0.4, 0.5) is 5.69 Å². The van der Waals surface area contributed by atoms with Gasteiger partial charge in [-0.15, -0.1) is 0 Å². The van der Waals surface area contributed by atoms with Crippen LogP contribution in [0.3, 0.4) is 0 Å². The van der Waals surface area contributed by atoms with Gasteiger partial charge in [0.15, 0.2) is 17.3 Å². The Morgan fingerprint density at radius 2 is 1.61 bits per heavy atom. The van der Waals surface area contributed by atoms with Gasteiger partial charge in [-0.2, -0.15) is 0 Å². The minimum Gasteiger partial charge on any atom is -0.486 e. The van der Waals surface area contributed by atoms with Crippen LogP contribution in [0.1, 0.15) is 37.7 Å². The number of hydrogen-bond donors (Lipinski definition) is 4. The molecule has 1 atom stereocenters.